The minimum absolute atomic E-state index is 0.0328. The smallest absolute Gasteiger partial charge is 0.319 e. The molecule has 0 spiro atoms. The van der Waals surface area contributed by atoms with Crippen LogP contribution >= 0.6 is 11.6 Å². The molecule has 3 nitrogen and oxygen atoms in total. The normalized spacial score (nSPS) is 14.7. The van der Waals surface area contributed by atoms with E-state index in [9.17, 15) is 4.79 Å². The molecule has 0 fully saturated rings. The fourth-order valence-electron chi connectivity index (χ4n) is 3.00. The zero-order valence-electron chi connectivity index (χ0n) is 13.2. The lowest BCUT2D eigenvalue weighted by Crippen LogP contribution is -2.31. The summed E-state index contributed by atoms with van der Waals surface area (Å²) in [6, 6.07) is 13.4. The molecule has 3 rings (SSSR count). The number of rotatable bonds is 3. The quantitative estimate of drug-likeness (QED) is 0.808. The SMILES string of the molecule is C[C@@H](NC(=O)Nc1ccc(Cl)cc1)c1ccc2c(c1)CCCC2. The number of carbonyl (C=O) groups excluding carboxylic acids is 1. The Hall–Kier alpha value is -2.00. The molecule has 1 aliphatic rings. The highest BCUT2D eigenvalue weighted by molar-refractivity contribution is 6.30. The van der Waals surface area contributed by atoms with E-state index in [-0.39, 0.29) is 12.1 Å². The second-order valence-corrected chi connectivity index (χ2v) is 6.50. The molecule has 23 heavy (non-hydrogen) atoms. The monoisotopic (exact) mass is 328 g/mol. The molecular weight excluding hydrogens is 308 g/mol. The second-order valence-electron chi connectivity index (χ2n) is 6.06. The van der Waals surface area contributed by atoms with Crippen LogP contribution in [-0.2, 0) is 12.8 Å². The molecule has 0 saturated heterocycles. The van der Waals surface area contributed by atoms with Gasteiger partial charge in [0.1, 0.15) is 0 Å². The molecule has 0 aromatic heterocycles. The highest BCUT2D eigenvalue weighted by atomic mass is 35.5. The Bertz CT molecular complexity index is 697. The number of fused-ring (bicyclic) bond motifs is 1. The highest BCUT2D eigenvalue weighted by Crippen LogP contribution is 2.24. The molecule has 1 atom stereocenters. The maximum absolute atomic E-state index is 12.1. The van der Waals surface area contributed by atoms with E-state index < -0.39 is 0 Å². The summed E-state index contributed by atoms with van der Waals surface area (Å²) in [6.07, 6.45) is 4.86. The van der Waals surface area contributed by atoms with Crippen LogP contribution in [0.2, 0.25) is 5.02 Å². The molecule has 0 saturated carbocycles. The minimum Gasteiger partial charge on any atom is -0.331 e. The summed E-state index contributed by atoms with van der Waals surface area (Å²) < 4.78 is 0. The predicted octanol–water partition coefficient (Wildman–Crippen LogP) is 5.10. The molecule has 2 aromatic rings. The molecule has 4 heteroatoms. The van der Waals surface area contributed by atoms with E-state index in [0.717, 1.165) is 17.7 Å². The first-order chi connectivity index (χ1) is 11.1. The van der Waals surface area contributed by atoms with E-state index in [1.54, 1.807) is 24.3 Å². The molecule has 2 amide bonds. The summed E-state index contributed by atoms with van der Waals surface area (Å²) in [4.78, 5) is 12.1. The number of carbonyl (C=O) groups is 1. The summed E-state index contributed by atoms with van der Waals surface area (Å²) in [7, 11) is 0. The van der Waals surface area contributed by atoms with Crippen molar-refractivity contribution in [1.82, 2.24) is 5.32 Å². The van der Waals surface area contributed by atoms with Gasteiger partial charge in [0.2, 0.25) is 0 Å². The number of nitrogens with one attached hydrogen (secondary N) is 2. The van der Waals surface area contributed by atoms with Crippen molar-refractivity contribution in [2.24, 2.45) is 0 Å². The lowest BCUT2D eigenvalue weighted by Gasteiger charge is -2.20. The Kier molecular flexibility index (Phi) is 4.87. The standard InChI is InChI=1S/C19H21ClN2O/c1-13(15-7-6-14-4-2-3-5-16(14)12-15)21-19(23)22-18-10-8-17(20)9-11-18/h6-13H,2-5H2,1H3,(H2,21,22,23)/t13-/m1/s1. The third-order valence-corrected chi connectivity index (χ3v) is 4.57. The zero-order valence-corrected chi connectivity index (χ0v) is 14.0. The largest absolute Gasteiger partial charge is 0.331 e. The third kappa shape index (κ3) is 4.05. The topological polar surface area (TPSA) is 41.1 Å². The first kappa shape index (κ1) is 15.9. The average Bonchev–Trinajstić information content (AvgIpc) is 2.56. The summed E-state index contributed by atoms with van der Waals surface area (Å²) in [5.74, 6) is 0. The van der Waals surface area contributed by atoms with Crippen LogP contribution in [0.25, 0.3) is 0 Å². The maximum atomic E-state index is 12.1. The van der Waals surface area contributed by atoms with Gasteiger partial charge >= 0.3 is 6.03 Å². The van der Waals surface area contributed by atoms with E-state index in [0.29, 0.717) is 5.02 Å². The van der Waals surface area contributed by atoms with Gasteiger partial charge in [-0.3, -0.25) is 0 Å². The van der Waals surface area contributed by atoms with Crippen LogP contribution < -0.4 is 10.6 Å². The molecule has 0 bridgehead atoms. The van der Waals surface area contributed by atoms with Gasteiger partial charge in [-0.15, -0.1) is 0 Å². The van der Waals surface area contributed by atoms with Crippen molar-refractivity contribution in [3.8, 4) is 0 Å². The van der Waals surface area contributed by atoms with Crippen LogP contribution in [0.5, 0.6) is 0 Å². The number of hydrogen-bond acceptors (Lipinski definition) is 1. The lowest BCUT2D eigenvalue weighted by molar-refractivity contribution is 0.249. The molecule has 0 radical (unpaired) electrons. The van der Waals surface area contributed by atoms with Gasteiger partial charge in [-0.05, 0) is 73.6 Å². The number of hydrogen-bond donors (Lipinski definition) is 2. The Morgan fingerprint density at radius 1 is 1.04 bits per heavy atom. The number of halogens is 1. The molecular formula is C19H21ClN2O. The number of anilines is 1. The summed E-state index contributed by atoms with van der Waals surface area (Å²) >= 11 is 5.84. The van der Waals surface area contributed by atoms with Crippen LogP contribution in [0.4, 0.5) is 10.5 Å². The van der Waals surface area contributed by atoms with Gasteiger partial charge in [0.15, 0.2) is 0 Å². The number of benzene rings is 2. The fourth-order valence-corrected chi connectivity index (χ4v) is 3.13. The van der Waals surface area contributed by atoms with E-state index in [1.165, 1.54) is 30.4 Å². The Morgan fingerprint density at radius 2 is 1.74 bits per heavy atom. The average molecular weight is 329 g/mol. The molecule has 120 valence electrons. The molecule has 2 aromatic carbocycles. The van der Waals surface area contributed by atoms with Gasteiger partial charge in [-0.2, -0.15) is 0 Å². The molecule has 0 aliphatic heterocycles. The van der Waals surface area contributed by atoms with E-state index in [2.05, 4.69) is 28.8 Å². The molecule has 0 heterocycles. The first-order valence-electron chi connectivity index (χ1n) is 8.06. The summed E-state index contributed by atoms with van der Waals surface area (Å²) in [5, 5.41) is 6.46. The van der Waals surface area contributed by atoms with Gasteiger partial charge in [-0.1, -0.05) is 29.8 Å². The maximum Gasteiger partial charge on any atom is 0.319 e. The van der Waals surface area contributed by atoms with Crippen LogP contribution in [0.15, 0.2) is 42.5 Å². The van der Waals surface area contributed by atoms with E-state index in [4.69, 9.17) is 11.6 Å². The second kappa shape index (κ2) is 7.05. The van der Waals surface area contributed by atoms with Crippen molar-refractivity contribution in [3.63, 3.8) is 0 Å². The van der Waals surface area contributed by atoms with Crippen LogP contribution in [0.3, 0.4) is 0 Å². The van der Waals surface area contributed by atoms with Crippen molar-refractivity contribution >= 4 is 23.3 Å². The van der Waals surface area contributed by atoms with Crippen molar-refractivity contribution in [1.29, 1.82) is 0 Å². The van der Waals surface area contributed by atoms with Gasteiger partial charge < -0.3 is 10.6 Å². The van der Waals surface area contributed by atoms with Gasteiger partial charge in [0, 0.05) is 10.7 Å². The third-order valence-electron chi connectivity index (χ3n) is 4.32. The molecule has 1 aliphatic carbocycles. The van der Waals surface area contributed by atoms with Gasteiger partial charge in [0.25, 0.3) is 0 Å². The number of amides is 2. The summed E-state index contributed by atoms with van der Waals surface area (Å²) in [6.45, 7) is 2.01. The van der Waals surface area contributed by atoms with Crippen LogP contribution in [0, 0.1) is 0 Å². The zero-order chi connectivity index (χ0) is 16.2. The predicted molar refractivity (Wildman–Crippen MR) is 95.1 cm³/mol. The number of urea groups is 1. The Balaban J connectivity index is 1.63. The van der Waals surface area contributed by atoms with Crippen LogP contribution in [-0.4, -0.2) is 6.03 Å². The van der Waals surface area contributed by atoms with Crippen molar-refractivity contribution in [2.45, 2.75) is 38.6 Å². The van der Waals surface area contributed by atoms with Gasteiger partial charge in [0.05, 0.1) is 6.04 Å². The lowest BCUT2D eigenvalue weighted by atomic mass is 9.89. The summed E-state index contributed by atoms with van der Waals surface area (Å²) in [5.41, 5.74) is 4.76. The van der Waals surface area contributed by atoms with Crippen molar-refractivity contribution in [3.05, 3.63) is 64.2 Å². The van der Waals surface area contributed by atoms with Crippen molar-refractivity contribution in [2.75, 3.05) is 5.32 Å². The minimum atomic E-state index is -0.211. The van der Waals surface area contributed by atoms with Crippen LogP contribution in [0.1, 0.15) is 42.5 Å². The molecule has 2 N–H and O–H groups in total. The van der Waals surface area contributed by atoms with E-state index in [1.807, 2.05) is 6.92 Å². The number of aryl methyl sites for hydroxylation is 2. The Morgan fingerprint density at radius 3 is 2.48 bits per heavy atom. The first-order valence-corrected chi connectivity index (χ1v) is 8.44. The highest BCUT2D eigenvalue weighted by Gasteiger charge is 2.14. The Labute approximate surface area is 142 Å². The van der Waals surface area contributed by atoms with Gasteiger partial charge in [-0.25, -0.2) is 4.79 Å². The molecule has 0 unspecified atom stereocenters. The van der Waals surface area contributed by atoms with Crippen molar-refractivity contribution < 1.29 is 4.79 Å². The van der Waals surface area contributed by atoms with E-state index >= 15 is 0 Å². The fraction of sp³-hybridized carbons (Fsp3) is 0.316.